The molecule has 9 heteroatoms. The van der Waals surface area contributed by atoms with Gasteiger partial charge in [-0.05, 0) is 49.6 Å². The van der Waals surface area contributed by atoms with Crippen molar-refractivity contribution in [1.29, 1.82) is 0 Å². The second-order valence-corrected chi connectivity index (χ2v) is 7.26. The molecule has 29 heavy (non-hydrogen) atoms. The average Bonchev–Trinajstić information content (AvgIpc) is 3.50. The molecule has 1 amide bonds. The van der Waals surface area contributed by atoms with Crippen LogP contribution in [-0.2, 0) is 9.53 Å². The molecule has 0 spiro atoms. The summed E-state index contributed by atoms with van der Waals surface area (Å²) < 4.78 is 5.00. The van der Waals surface area contributed by atoms with Crippen LogP contribution in [0.1, 0.15) is 41.7 Å². The number of carbonyl (C=O) groups is 2. The maximum absolute atomic E-state index is 12.2. The molecule has 1 atom stereocenters. The maximum Gasteiger partial charge on any atom is 0.338 e. The van der Waals surface area contributed by atoms with Gasteiger partial charge in [-0.2, -0.15) is 0 Å². The topological polar surface area (TPSA) is 111 Å². The molecule has 152 valence electrons. The lowest BCUT2D eigenvalue weighted by Gasteiger charge is -2.14. The van der Waals surface area contributed by atoms with Crippen molar-refractivity contribution in [2.75, 3.05) is 11.9 Å². The quantitative estimate of drug-likeness (QED) is 0.383. The zero-order valence-electron chi connectivity index (χ0n) is 15.7. The number of ether oxygens (including phenoxy) is 1. The Morgan fingerprint density at radius 3 is 2.69 bits per heavy atom. The van der Waals surface area contributed by atoms with Gasteiger partial charge >= 0.3 is 5.97 Å². The molecule has 3 rings (SSSR count). The number of halogens is 1. The summed E-state index contributed by atoms with van der Waals surface area (Å²) in [5.41, 5.74) is 0.979. The van der Waals surface area contributed by atoms with E-state index in [0.29, 0.717) is 10.7 Å². The van der Waals surface area contributed by atoms with Crippen molar-refractivity contribution in [3.8, 4) is 0 Å². The molecule has 2 aromatic carbocycles. The third-order valence-electron chi connectivity index (χ3n) is 4.43. The smallest absolute Gasteiger partial charge is 0.338 e. The Morgan fingerprint density at radius 2 is 2.03 bits per heavy atom. The molecule has 8 nitrogen and oxygen atoms in total. The van der Waals surface area contributed by atoms with Gasteiger partial charge in [0.1, 0.15) is 5.69 Å². The summed E-state index contributed by atoms with van der Waals surface area (Å²) in [7, 11) is 0. The molecular formula is C20H20ClN3O5. The molecule has 1 fully saturated rings. The van der Waals surface area contributed by atoms with E-state index < -0.39 is 23.4 Å². The zero-order valence-corrected chi connectivity index (χ0v) is 16.4. The Kier molecular flexibility index (Phi) is 6.33. The van der Waals surface area contributed by atoms with E-state index in [1.165, 1.54) is 12.1 Å². The minimum absolute atomic E-state index is 0.00809. The van der Waals surface area contributed by atoms with Crippen molar-refractivity contribution in [3.63, 3.8) is 0 Å². The highest BCUT2D eigenvalue weighted by atomic mass is 35.5. The fourth-order valence-corrected chi connectivity index (χ4v) is 2.93. The molecule has 0 unspecified atom stereocenters. The number of nitro benzene ring substituents is 1. The lowest BCUT2D eigenvalue weighted by atomic mass is 10.1. The summed E-state index contributed by atoms with van der Waals surface area (Å²) in [5.74, 6) is -1.30. The largest absolute Gasteiger partial charge is 0.452 e. The molecule has 2 N–H and O–H groups in total. The summed E-state index contributed by atoms with van der Waals surface area (Å²) in [6.45, 7) is 1.28. The van der Waals surface area contributed by atoms with Crippen LogP contribution in [0.4, 0.5) is 11.4 Å². The summed E-state index contributed by atoms with van der Waals surface area (Å²) in [6.07, 6.45) is 1.92. The SMILES string of the molecule is C[C@H](NC(=O)COC(=O)c1ccc(NC2CC2)c([N+](=O)[O-])c1)c1cccc(Cl)c1. The Hall–Kier alpha value is -3.13. The first-order chi connectivity index (χ1) is 13.8. The van der Waals surface area contributed by atoms with E-state index in [-0.39, 0.29) is 23.3 Å². The van der Waals surface area contributed by atoms with Gasteiger partial charge in [0.25, 0.3) is 11.6 Å². The standard InChI is InChI=1S/C20H20ClN3O5/c1-12(13-3-2-4-15(21)9-13)22-19(25)11-29-20(26)14-5-8-17(23-16-6-7-16)18(10-14)24(27)28/h2-5,8-10,12,16,23H,6-7,11H2,1H3,(H,22,25)/t12-/m0/s1. The van der Waals surface area contributed by atoms with Crippen LogP contribution in [-0.4, -0.2) is 29.4 Å². The summed E-state index contributed by atoms with van der Waals surface area (Å²) in [4.78, 5) is 35.0. The van der Waals surface area contributed by atoms with E-state index in [0.717, 1.165) is 24.5 Å². The predicted octanol–water partition coefficient (Wildman–Crippen LogP) is 3.86. The Labute approximate surface area is 172 Å². The van der Waals surface area contributed by atoms with E-state index in [1.807, 2.05) is 6.07 Å². The van der Waals surface area contributed by atoms with E-state index in [4.69, 9.17) is 16.3 Å². The van der Waals surface area contributed by atoms with Crippen molar-refractivity contribution >= 4 is 34.9 Å². The molecule has 0 bridgehead atoms. The van der Waals surface area contributed by atoms with Crippen LogP contribution in [0.25, 0.3) is 0 Å². The summed E-state index contributed by atoms with van der Waals surface area (Å²) in [5, 5.41) is 17.6. The summed E-state index contributed by atoms with van der Waals surface area (Å²) >= 11 is 5.94. The number of amides is 1. The molecule has 0 saturated heterocycles. The number of nitrogens with zero attached hydrogens (tertiary/aromatic N) is 1. The van der Waals surface area contributed by atoms with Crippen LogP contribution in [0.3, 0.4) is 0 Å². The molecular weight excluding hydrogens is 398 g/mol. The van der Waals surface area contributed by atoms with Gasteiger partial charge in [-0.3, -0.25) is 14.9 Å². The molecule has 0 heterocycles. The molecule has 1 aliphatic carbocycles. The van der Waals surface area contributed by atoms with Gasteiger partial charge in [-0.1, -0.05) is 23.7 Å². The van der Waals surface area contributed by atoms with Crippen molar-refractivity contribution in [3.05, 3.63) is 68.7 Å². The predicted molar refractivity (Wildman–Crippen MR) is 108 cm³/mol. The number of hydrogen-bond donors (Lipinski definition) is 2. The Bertz CT molecular complexity index is 945. The van der Waals surface area contributed by atoms with Crippen LogP contribution >= 0.6 is 11.6 Å². The number of esters is 1. The number of rotatable bonds is 8. The third-order valence-corrected chi connectivity index (χ3v) is 4.66. The number of benzene rings is 2. The van der Waals surface area contributed by atoms with Crippen LogP contribution in [0, 0.1) is 10.1 Å². The minimum Gasteiger partial charge on any atom is -0.452 e. The van der Waals surface area contributed by atoms with Crippen LogP contribution in [0.15, 0.2) is 42.5 Å². The lowest BCUT2D eigenvalue weighted by molar-refractivity contribution is -0.384. The number of anilines is 1. The second-order valence-electron chi connectivity index (χ2n) is 6.83. The fourth-order valence-electron chi connectivity index (χ4n) is 2.74. The van der Waals surface area contributed by atoms with Crippen molar-refractivity contribution in [2.45, 2.75) is 31.8 Å². The molecule has 0 radical (unpaired) electrons. The van der Waals surface area contributed by atoms with Crippen LogP contribution in [0.2, 0.25) is 5.02 Å². The molecule has 1 saturated carbocycles. The number of carbonyl (C=O) groups excluding carboxylic acids is 2. The van der Waals surface area contributed by atoms with Gasteiger partial charge in [-0.25, -0.2) is 4.79 Å². The molecule has 1 aliphatic rings. The first-order valence-electron chi connectivity index (χ1n) is 9.10. The van der Waals surface area contributed by atoms with Crippen molar-refractivity contribution in [2.24, 2.45) is 0 Å². The van der Waals surface area contributed by atoms with Crippen LogP contribution < -0.4 is 10.6 Å². The van der Waals surface area contributed by atoms with E-state index in [2.05, 4.69) is 10.6 Å². The van der Waals surface area contributed by atoms with Gasteiger partial charge in [0, 0.05) is 17.1 Å². The van der Waals surface area contributed by atoms with E-state index in [9.17, 15) is 19.7 Å². The van der Waals surface area contributed by atoms with E-state index in [1.54, 1.807) is 25.1 Å². The first kappa shape index (κ1) is 20.6. The molecule has 0 aliphatic heterocycles. The Morgan fingerprint density at radius 1 is 1.28 bits per heavy atom. The average molecular weight is 418 g/mol. The van der Waals surface area contributed by atoms with E-state index >= 15 is 0 Å². The third kappa shape index (κ3) is 5.68. The van der Waals surface area contributed by atoms with Crippen molar-refractivity contribution < 1.29 is 19.2 Å². The fraction of sp³-hybridized carbons (Fsp3) is 0.300. The number of hydrogen-bond acceptors (Lipinski definition) is 6. The van der Waals surface area contributed by atoms with Crippen LogP contribution in [0.5, 0.6) is 0 Å². The normalized spacial score (nSPS) is 14.0. The highest BCUT2D eigenvalue weighted by Crippen LogP contribution is 2.31. The number of nitro groups is 1. The van der Waals surface area contributed by atoms with Gasteiger partial charge < -0.3 is 15.4 Å². The highest BCUT2D eigenvalue weighted by molar-refractivity contribution is 6.30. The van der Waals surface area contributed by atoms with Gasteiger partial charge in [0.05, 0.1) is 16.5 Å². The molecule has 2 aromatic rings. The van der Waals surface area contributed by atoms with Gasteiger partial charge in [0.15, 0.2) is 6.61 Å². The highest BCUT2D eigenvalue weighted by Gasteiger charge is 2.26. The minimum atomic E-state index is -0.809. The van der Waals surface area contributed by atoms with Gasteiger partial charge in [0.2, 0.25) is 0 Å². The molecule has 0 aromatic heterocycles. The first-order valence-corrected chi connectivity index (χ1v) is 9.48. The van der Waals surface area contributed by atoms with Crippen molar-refractivity contribution in [1.82, 2.24) is 5.32 Å². The second kappa shape index (κ2) is 8.91. The monoisotopic (exact) mass is 417 g/mol. The maximum atomic E-state index is 12.2. The lowest BCUT2D eigenvalue weighted by Crippen LogP contribution is -2.31. The zero-order chi connectivity index (χ0) is 21.0. The number of nitrogens with one attached hydrogen (secondary N) is 2. The Balaban J connectivity index is 1.57. The summed E-state index contributed by atoms with van der Waals surface area (Å²) in [6, 6.07) is 11.0. The van der Waals surface area contributed by atoms with Gasteiger partial charge in [-0.15, -0.1) is 0 Å².